The van der Waals surface area contributed by atoms with Crippen LogP contribution in [0.25, 0.3) is 0 Å². The highest BCUT2D eigenvalue weighted by Gasteiger charge is 2.15. The monoisotopic (exact) mass is 240 g/mol. The summed E-state index contributed by atoms with van der Waals surface area (Å²) >= 11 is 3.13. The second-order valence-corrected chi connectivity index (χ2v) is 2.97. The molecule has 0 saturated heterocycles. The minimum atomic E-state index is -0.613. The van der Waals surface area contributed by atoms with Crippen molar-refractivity contribution < 1.29 is 9.53 Å². The number of rotatable bonds is 1. The number of aromatic nitrogens is 1. The van der Waals surface area contributed by atoms with E-state index in [1.54, 1.807) is 6.07 Å². The predicted molar refractivity (Wildman–Crippen MR) is 48.0 cm³/mol. The van der Waals surface area contributed by atoms with Gasteiger partial charge in [-0.15, -0.1) is 0 Å². The Hall–Kier alpha value is -1.41. The Bertz CT molecular complexity index is 384. The molecule has 0 radical (unpaired) electrons. The van der Waals surface area contributed by atoms with Crippen molar-refractivity contribution in [1.29, 1.82) is 5.26 Å². The minimum Gasteiger partial charge on any atom is -0.464 e. The van der Waals surface area contributed by atoms with Gasteiger partial charge in [-0.1, -0.05) is 0 Å². The van der Waals surface area contributed by atoms with Crippen LogP contribution in [0.5, 0.6) is 0 Å². The molecule has 0 N–H and O–H groups in total. The van der Waals surface area contributed by atoms with Gasteiger partial charge in [0.05, 0.1) is 12.7 Å². The van der Waals surface area contributed by atoms with Crippen molar-refractivity contribution >= 4 is 21.9 Å². The Labute approximate surface area is 83.3 Å². The zero-order valence-corrected chi connectivity index (χ0v) is 8.33. The number of ether oxygens (including phenoxy) is 1. The van der Waals surface area contributed by atoms with Gasteiger partial charge < -0.3 is 4.74 Å². The maximum Gasteiger partial charge on any atom is 0.358 e. The van der Waals surface area contributed by atoms with E-state index >= 15 is 0 Å². The third-order valence-electron chi connectivity index (χ3n) is 1.39. The molecule has 4 nitrogen and oxygen atoms in total. The van der Waals surface area contributed by atoms with Crippen LogP contribution in [0, 0.1) is 11.3 Å². The van der Waals surface area contributed by atoms with E-state index in [0.717, 1.165) is 0 Å². The van der Waals surface area contributed by atoms with Crippen molar-refractivity contribution in [3.63, 3.8) is 0 Å². The van der Waals surface area contributed by atoms with Crippen LogP contribution in [0.2, 0.25) is 0 Å². The van der Waals surface area contributed by atoms with Gasteiger partial charge in [0.25, 0.3) is 0 Å². The summed E-state index contributed by atoms with van der Waals surface area (Å²) in [7, 11) is 1.24. The van der Waals surface area contributed by atoms with Crippen LogP contribution in [-0.4, -0.2) is 18.1 Å². The molecule has 1 rings (SSSR count). The van der Waals surface area contributed by atoms with Gasteiger partial charge in [-0.3, -0.25) is 0 Å². The average molecular weight is 241 g/mol. The highest BCUT2D eigenvalue weighted by atomic mass is 79.9. The quantitative estimate of drug-likeness (QED) is 0.699. The number of nitriles is 1. The standard InChI is InChI=1S/C8H5BrN2O2/c1-13-8(12)7-5(4-10)6(9)2-3-11-7/h2-3H,1H3. The van der Waals surface area contributed by atoms with Gasteiger partial charge in [0.1, 0.15) is 6.07 Å². The Morgan fingerprint density at radius 1 is 1.77 bits per heavy atom. The Morgan fingerprint density at radius 2 is 2.46 bits per heavy atom. The number of pyridine rings is 1. The van der Waals surface area contributed by atoms with E-state index in [2.05, 4.69) is 25.7 Å². The van der Waals surface area contributed by atoms with E-state index in [9.17, 15) is 4.79 Å². The molecule has 0 aliphatic carbocycles. The summed E-state index contributed by atoms with van der Waals surface area (Å²) in [4.78, 5) is 14.8. The van der Waals surface area contributed by atoms with E-state index in [0.29, 0.717) is 4.47 Å². The molecule has 1 aromatic rings. The van der Waals surface area contributed by atoms with E-state index in [4.69, 9.17) is 5.26 Å². The molecule has 0 aliphatic rings. The number of nitrogens with zero attached hydrogens (tertiary/aromatic N) is 2. The van der Waals surface area contributed by atoms with E-state index in [1.807, 2.05) is 6.07 Å². The third kappa shape index (κ3) is 1.84. The Morgan fingerprint density at radius 3 is 3.00 bits per heavy atom. The first-order chi connectivity index (χ1) is 6.20. The molecule has 1 heterocycles. The maximum absolute atomic E-state index is 11.1. The molecule has 0 bridgehead atoms. The number of methoxy groups -OCH3 is 1. The number of esters is 1. The molecule has 5 heteroatoms. The summed E-state index contributed by atoms with van der Waals surface area (Å²) in [6.45, 7) is 0. The normalized spacial score (nSPS) is 9.00. The van der Waals surface area contributed by atoms with E-state index < -0.39 is 5.97 Å². The molecule has 0 saturated carbocycles. The molecule has 0 unspecified atom stereocenters. The van der Waals surface area contributed by atoms with Crippen LogP contribution in [-0.2, 0) is 4.74 Å². The van der Waals surface area contributed by atoms with Gasteiger partial charge in [0, 0.05) is 10.7 Å². The lowest BCUT2D eigenvalue weighted by Crippen LogP contribution is -2.07. The zero-order chi connectivity index (χ0) is 9.84. The number of carbonyl (C=O) groups excluding carboxylic acids is 1. The summed E-state index contributed by atoms with van der Waals surface area (Å²) in [5.41, 5.74) is 0.216. The van der Waals surface area contributed by atoms with Crippen LogP contribution >= 0.6 is 15.9 Å². The van der Waals surface area contributed by atoms with Crippen LogP contribution < -0.4 is 0 Å². The summed E-state index contributed by atoms with van der Waals surface area (Å²) in [5.74, 6) is -0.613. The van der Waals surface area contributed by atoms with Gasteiger partial charge in [-0.25, -0.2) is 9.78 Å². The highest BCUT2D eigenvalue weighted by molar-refractivity contribution is 9.10. The fourth-order valence-corrected chi connectivity index (χ4v) is 1.19. The number of carbonyl (C=O) groups is 1. The van der Waals surface area contributed by atoms with E-state index in [1.165, 1.54) is 13.3 Å². The van der Waals surface area contributed by atoms with Gasteiger partial charge in [-0.2, -0.15) is 5.26 Å². The zero-order valence-electron chi connectivity index (χ0n) is 6.74. The molecular formula is C8H5BrN2O2. The van der Waals surface area contributed by atoms with Gasteiger partial charge in [0.15, 0.2) is 5.69 Å². The molecule has 0 aliphatic heterocycles. The van der Waals surface area contributed by atoms with Crippen molar-refractivity contribution in [3.05, 3.63) is 28.0 Å². The lowest BCUT2D eigenvalue weighted by atomic mass is 10.2. The van der Waals surface area contributed by atoms with Crippen LogP contribution in [0.15, 0.2) is 16.7 Å². The van der Waals surface area contributed by atoms with Gasteiger partial charge >= 0.3 is 5.97 Å². The first-order valence-electron chi connectivity index (χ1n) is 3.33. The average Bonchev–Trinajstić information content (AvgIpc) is 2.16. The molecule has 0 aromatic carbocycles. The number of halogens is 1. The van der Waals surface area contributed by atoms with Crippen molar-refractivity contribution in [1.82, 2.24) is 4.98 Å². The SMILES string of the molecule is COC(=O)c1nccc(Br)c1C#N. The molecule has 66 valence electrons. The lowest BCUT2D eigenvalue weighted by Gasteiger charge is -2.00. The fraction of sp³-hybridized carbons (Fsp3) is 0.125. The Kier molecular flexibility index (Phi) is 2.98. The summed E-state index contributed by atoms with van der Waals surface area (Å²) in [5, 5.41) is 8.72. The molecule has 0 spiro atoms. The van der Waals surface area contributed by atoms with Crippen LogP contribution in [0.1, 0.15) is 16.1 Å². The molecule has 1 aromatic heterocycles. The minimum absolute atomic E-state index is 0.0272. The van der Waals surface area contributed by atoms with E-state index in [-0.39, 0.29) is 11.3 Å². The first-order valence-corrected chi connectivity index (χ1v) is 4.13. The topological polar surface area (TPSA) is 63.0 Å². The van der Waals surface area contributed by atoms with Crippen LogP contribution in [0.3, 0.4) is 0 Å². The summed E-state index contributed by atoms with van der Waals surface area (Å²) in [6, 6.07) is 3.46. The molecule has 13 heavy (non-hydrogen) atoms. The summed E-state index contributed by atoms with van der Waals surface area (Å²) in [6.07, 6.45) is 1.43. The molecule has 0 atom stereocenters. The largest absolute Gasteiger partial charge is 0.464 e. The number of hydrogen-bond acceptors (Lipinski definition) is 4. The van der Waals surface area contributed by atoms with Gasteiger partial charge in [0.2, 0.25) is 0 Å². The fourth-order valence-electron chi connectivity index (χ4n) is 0.796. The van der Waals surface area contributed by atoms with Crippen molar-refractivity contribution in [3.8, 4) is 6.07 Å². The predicted octanol–water partition coefficient (Wildman–Crippen LogP) is 1.50. The summed E-state index contributed by atoms with van der Waals surface area (Å²) < 4.78 is 4.99. The number of hydrogen-bond donors (Lipinski definition) is 0. The molecule has 0 fully saturated rings. The second kappa shape index (κ2) is 4.01. The first kappa shape index (κ1) is 9.68. The van der Waals surface area contributed by atoms with Crippen molar-refractivity contribution in [2.24, 2.45) is 0 Å². The molecular weight excluding hydrogens is 236 g/mol. The highest BCUT2D eigenvalue weighted by Crippen LogP contribution is 2.17. The third-order valence-corrected chi connectivity index (χ3v) is 2.05. The Balaban J connectivity index is 3.30. The smallest absolute Gasteiger partial charge is 0.358 e. The van der Waals surface area contributed by atoms with Crippen molar-refractivity contribution in [2.45, 2.75) is 0 Å². The van der Waals surface area contributed by atoms with Crippen LogP contribution in [0.4, 0.5) is 0 Å². The van der Waals surface area contributed by atoms with Gasteiger partial charge in [-0.05, 0) is 22.0 Å². The lowest BCUT2D eigenvalue weighted by molar-refractivity contribution is 0.0593. The van der Waals surface area contributed by atoms with Crippen molar-refractivity contribution in [2.75, 3.05) is 7.11 Å². The maximum atomic E-state index is 11.1. The molecule has 0 amide bonds. The second-order valence-electron chi connectivity index (χ2n) is 2.12.